The number of carbonyl (C=O) groups is 1. The number of carbonyl (C=O) groups excluding carboxylic acids is 1. The molecule has 0 unspecified atom stereocenters. The maximum Gasteiger partial charge on any atom is 0.411 e. The predicted molar refractivity (Wildman–Crippen MR) is 103 cm³/mol. The summed E-state index contributed by atoms with van der Waals surface area (Å²) < 4.78 is 46.1. The van der Waals surface area contributed by atoms with Crippen LogP contribution in [0, 0.1) is 5.92 Å². The normalized spacial score (nSPS) is 16.0. The summed E-state index contributed by atoms with van der Waals surface area (Å²) in [5.41, 5.74) is 1.66. The third kappa shape index (κ3) is 7.92. The van der Waals surface area contributed by atoms with Gasteiger partial charge in [0, 0.05) is 26.7 Å². The fourth-order valence-corrected chi connectivity index (χ4v) is 3.14. The van der Waals surface area contributed by atoms with E-state index >= 15 is 0 Å². The highest BCUT2D eigenvalue weighted by atomic mass is 19.4. The van der Waals surface area contributed by atoms with Gasteiger partial charge in [-0.25, -0.2) is 0 Å². The van der Waals surface area contributed by atoms with Crippen molar-refractivity contribution in [3.63, 3.8) is 0 Å². The van der Waals surface area contributed by atoms with Crippen LogP contribution in [0.4, 0.5) is 13.2 Å². The monoisotopic (exact) mass is 415 g/mol. The van der Waals surface area contributed by atoms with Crippen molar-refractivity contribution in [2.45, 2.75) is 39.1 Å². The molecule has 1 aliphatic heterocycles. The minimum atomic E-state index is -4.31. The van der Waals surface area contributed by atoms with Crippen molar-refractivity contribution < 1.29 is 27.4 Å². The lowest BCUT2D eigenvalue weighted by Crippen LogP contribution is -2.46. The molecule has 1 aliphatic rings. The topological polar surface area (TPSA) is 63.2 Å². The summed E-state index contributed by atoms with van der Waals surface area (Å²) in [7, 11) is 1.71. The molecule has 0 aromatic heterocycles. The van der Waals surface area contributed by atoms with Crippen molar-refractivity contribution in [3.8, 4) is 0 Å². The van der Waals surface area contributed by atoms with Gasteiger partial charge >= 0.3 is 12.1 Å². The number of nitrogens with one attached hydrogen (secondary N) is 1. The van der Waals surface area contributed by atoms with Gasteiger partial charge in [-0.1, -0.05) is 24.3 Å². The van der Waals surface area contributed by atoms with Gasteiger partial charge < -0.3 is 19.7 Å². The van der Waals surface area contributed by atoms with Crippen molar-refractivity contribution in [2.75, 3.05) is 33.4 Å². The van der Waals surface area contributed by atoms with Gasteiger partial charge in [0.15, 0.2) is 5.96 Å². The average Bonchev–Trinajstić information content (AvgIpc) is 2.69. The van der Waals surface area contributed by atoms with Gasteiger partial charge in [-0.3, -0.25) is 9.79 Å². The summed E-state index contributed by atoms with van der Waals surface area (Å²) >= 11 is 0. The van der Waals surface area contributed by atoms with Crippen molar-refractivity contribution in [2.24, 2.45) is 10.9 Å². The number of guanidine groups is 1. The molecule has 1 aromatic rings. The first kappa shape index (κ1) is 23.0. The molecule has 1 heterocycles. The number of likely N-dealkylation sites (tertiary alicyclic amines) is 1. The van der Waals surface area contributed by atoms with E-state index in [1.807, 2.05) is 12.1 Å². The van der Waals surface area contributed by atoms with Gasteiger partial charge in [0.05, 0.1) is 19.1 Å². The number of hydrogen-bond donors (Lipinski definition) is 1. The van der Waals surface area contributed by atoms with Crippen LogP contribution in [0.5, 0.6) is 0 Å². The summed E-state index contributed by atoms with van der Waals surface area (Å²) in [5, 5.41) is 3.29. The molecule has 9 heteroatoms. The van der Waals surface area contributed by atoms with E-state index in [0.29, 0.717) is 18.7 Å². The van der Waals surface area contributed by atoms with Crippen LogP contribution in [0.1, 0.15) is 30.9 Å². The molecule has 0 radical (unpaired) electrons. The number of rotatable bonds is 7. The minimum Gasteiger partial charge on any atom is -0.466 e. The van der Waals surface area contributed by atoms with Gasteiger partial charge in [0.25, 0.3) is 0 Å². The molecule has 0 saturated carbocycles. The van der Waals surface area contributed by atoms with Crippen LogP contribution in [0.25, 0.3) is 0 Å². The highest BCUT2D eigenvalue weighted by Crippen LogP contribution is 2.19. The molecule has 1 fully saturated rings. The summed E-state index contributed by atoms with van der Waals surface area (Å²) in [6, 6.07) is 7.20. The van der Waals surface area contributed by atoms with E-state index in [0.717, 1.165) is 37.5 Å². The van der Waals surface area contributed by atoms with Crippen molar-refractivity contribution >= 4 is 11.9 Å². The number of aliphatic imine (C=N–C) groups is 1. The lowest BCUT2D eigenvalue weighted by molar-refractivity contribution is -0.176. The smallest absolute Gasteiger partial charge is 0.411 e. The van der Waals surface area contributed by atoms with Crippen LogP contribution in [0.15, 0.2) is 29.3 Å². The van der Waals surface area contributed by atoms with Crippen LogP contribution < -0.4 is 5.32 Å². The molecular weight excluding hydrogens is 387 g/mol. The van der Waals surface area contributed by atoms with Crippen LogP contribution in [-0.2, 0) is 27.4 Å². The van der Waals surface area contributed by atoms with E-state index in [-0.39, 0.29) is 18.5 Å². The Hall–Kier alpha value is -2.29. The Morgan fingerprint density at radius 2 is 1.83 bits per heavy atom. The number of halogens is 3. The van der Waals surface area contributed by atoms with Crippen LogP contribution in [-0.4, -0.2) is 56.4 Å². The Bertz CT molecular complexity index is 670. The predicted octanol–water partition coefficient (Wildman–Crippen LogP) is 3.12. The van der Waals surface area contributed by atoms with Gasteiger partial charge in [-0.15, -0.1) is 0 Å². The molecule has 2 rings (SSSR count). The van der Waals surface area contributed by atoms with Crippen LogP contribution >= 0.6 is 0 Å². The summed E-state index contributed by atoms with van der Waals surface area (Å²) in [4.78, 5) is 18.3. The van der Waals surface area contributed by atoms with Crippen molar-refractivity contribution in [3.05, 3.63) is 35.4 Å². The lowest BCUT2D eigenvalue weighted by Gasteiger charge is -2.33. The van der Waals surface area contributed by atoms with E-state index < -0.39 is 12.8 Å². The van der Waals surface area contributed by atoms with Gasteiger partial charge in [0.1, 0.15) is 6.61 Å². The maximum atomic E-state index is 12.1. The molecular formula is C20H28F3N3O3. The summed E-state index contributed by atoms with van der Waals surface area (Å²) in [6.45, 7) is 2.85. The number of benzene rings is 1. The molecule has 0 bridgehead atoms. The molecule has 1 saturated heterocycles. The number of hydrogen-bond acceptors (Lipinski definition) is 4. The van der Waals surface area contributed by atoms with E-state index in [1.54, 1.807) is 26.1 Å². The van der Waals surface area contributed by atoms with Crippen molar-refractivity contribution in [1.82, 2.24) is 10.2 Å². The Morgan fingerprint density at radius 1 is 1.21 bits per heavy atom. The first-order chi connectivity index (χ1) is 13.8. The first-order valence-electron chi connectivity index (χ1n) is 9.67. The number of nitrogens with zero attached hydrogens (tertiary/aromatic N) is 2. The maximum absolute atomic E-state index is 12.1. The van der Waals surface area contributed by atoms with E-state index in [1.165, 1.54) is 0 Å². The largest absolute Gasteiger partial charge is 0.466 e. The number of esters is 1. The van der Waals surface area contributed by atoms with Gasteiger partial charge in [-0.05, 0) is 30.9 Å². The number of ether oxygens (including phenoxy) is 2. The molecule has 29 heavy (non-hydrogen) atoms. The molecule has 0 spiro atoms. The highest BCUT2D eigenvalue weighted by molar-refractivity contribution is 5.80. The number of piperidine rings is 1. The fourth-order valence-electron chi connectivity index (χ4n) is 3.14. The zero-order valence-corrected chi connectivity index (χ0v) is 16.8. The molecule has 1 N–H and O–H groups in total. The average molecular weight is 415 g/mol. The van der Waals surface area contributed by atoms with E-state index in [2.05, 4.69) is 19.9 Å². The fraction of sp³-hybridized carbons (Fsp3) is 0.600. The third-order valence-electron chi connectivity index (χ3n) is 4.63. The van der Waals surface area contributed by atoms with Gasteiger partial charge in [0.2, 0.25) is 0 Å². The second-order valence-electron chi connectivity index (χ2n) is 6.84. The minimum absolute atomic E-state index is 0.0589. The molecule has 0 amide bonds. The van der Waals surface area contributed by atoms with Crippen LogP contribution in [0.3, 0.4) is 0 Å². The Labute approximate surface area is 169 Å². The van der Waals surface area contributed by atoms with E-state index in [4.69, 9.17) is 4.74 Å². The molecule has 0 aliphatic carbocycles. The summed E-state index contributed by atoms with van der Waals surface area (Å²) in [5.74, 6) is 0.565. The molecule has 1 aromatic carbocycles. The zero-order valence-electron chi connectivity index (χ0n) is 16.8. The lowest BCUT2D eigenvalue weighted by atomic mass is 9.97. The molecule has 0 atom stereocenters. The standard InChI is InChI=1S/C20H28F3N3O3/c1-3-29-18(27)17-8-10-26(11-9-17)19(24-2)25-12-15-4-6-16(7-5-15)13-28-14-20(21,22)23/h4-7,17H,3,8-14H2,1-2H3,(H,24,25). The summed E-state index contributed by atoms with van der Waals surface area (Å²) in [6.07, 6.45) is -2.86. The molecule has 6 nitrogen and oxygen atoms in total. The Morgan fingerprint density at radius 3 is 2.38 bits per heavy atom. The zero-order chi connectivity index (χ0) is 21.3. The van der Waals surface area contributed by atoms with Crippen LogP contribution in [0.2, 0.25) is 0 Å². The second kappa shape index (κ2) is 11.0. The van der Waals surface area contributed by atoms with Gasteiger partial charge in [-0.2, -0.15) is 13.2 Å². The quantitative estimate of drug-likeness (QED) is 0.421. The van der Waals surface area contributed by atoms with E-state index in [9.17, 15) is 18.0 Å². The van der Waals surface area contributed by atoms with Crippen molar-refractivity contribution in [1.29, 1.82) is 0 Å². The molecule has 162 valence electrons. The Balaban J connectivity index is 1.77. The highest BCUT2D eigenvalue weighted by Gasteiger charge is 2.28. The third-order valence-corrected chi connectivity index (χ3v) is 4.63. The second-order valence-corrected chi connectivity index (χ2v) is 6.84. The number of alkyl halides is 3. The first-order valence-corrected chi connectivity index (χ1v) is 9.67. The Kier molecular flexibility index (Phi) is 8.75. The SMILES string of the molecule is CCOC(=O)C1CCN(C(=NC)NCc2ccc(COCC(F)(F)F)cc2)CC1.